The minimum absolute atomic E-state index is 0.0408. The van der Waals surface area contributed by atoms with Crippen molar-refractivity contribution in [3.8, 4) is 5.75 Å². The zero-order chi connectivity index (χ0) is 19.2. The van der Waals surface area contributed by atoms with Crippen LogP contribution in [0.4, 0.5) is 0 Å². The molecule has 3 N–H and O–H groups in total. The number of nitrogens with one attached hydrogen (secondary N) is 3. The van der Waals surface area contributed by atoms with Gasteiger partial charge in [0.05, 0.1) is 13.0 Å². The van der Waals surface area contributed by atoms with Crippen LogP contribution in [0.2, 0.25) is 0 Å². The molecule has 1 aromatic heterocycles. The first-order chi connectivity index (χ1) is 13.1. The highest BCUT2D eigenvalue weighted by Gasteiger charge is 2.30. The monoisotopic (exact) mass is 373 g/mol. The van der Waals surface area contributed by atoms with Gasteiger partial charge in [0, 0.05) is 38.0 Å². The molecule has 0 radical (unpaired) electrons. The molecule has 2 amide bonds. The van der Waals surface area contributed by atoms with Gasteiger partial charge in [-0.15, -0.1) is 0 Å². The van der Waals surface area contributed by atoms with Gasteiger partial charge in [-0.25, -0.2) is 9.89 Å². The summed E-state index contributed by atoms with van der Waals surface area (Å²) in [6.07, 6.45) is 1.31. The number of H-pyrrole nitrogens is 2. The van der Waals surface area contributed by atoms with Crippen molar-refractivity contribution in [2.75, 3.05) is 20.2 Å². The molecule has 2 aromatic rings. The van der Waals surface area contributed by atoms with Gasteiger partial charge in [0.2, 0.25) is 11.8 Å². The first-order valence-corrected chi connectivity index (χ1v) is 8.87. The normalized spacial score (nSPS) is 17.0. The summed E-state index contributed by atoms with van der Waals surface area (Å²) >= 11 is 0. The Bertz CT molecular complexity index is 859. The molecule has 2 heterocycles. The Labute approximate surface area is 156 Å². The van der Waals surface area contributed by atoms with Crippen LogP contribution < -0.4 is 15.7 Å². The van der Waals surface area contributed by atoms with E-state index in [-0.39, 0.29) is 23.4 Å². The summed E-state index contributed by atoms with van der Waals surface area (Å²) in [5.41, 5.74) is 0.547. The number of ether oxygens (including phenoxy) is 1. The standard InChI is InChI=1S/C18H23N5O4/c1-27-14-5-3-2-4-12(14)10-23-11-13(6-7-16(23)24)17(25)19-9-8-15-20-18(26)22-21-15/h2-5,13H,6-11H2,1H3,(H,19,25)(H2,20,21,22,26)/t13-/m0/s1. The molecule has 0 bridgehead atoms. The predicted molar refractivity (Wildman–Crippen MR) is 97.1 cm³/mol. The Morgan fingerprint density at radius 1 is 1.37 bits per heavy atom. The van der Waals surface area contributed by atoms with E-state index in [4.69, 9.17) is 4.74 Å². The van der Waals surface area contributed by atoms with Gasteiger partial charge in [-0.1, -0.05) is 18.2 Å². The van der Waals surface area contributed by atoms with E-state index < -0.39 is 0 Å². The molecule has 9 nitrogen and oxygen atoms in total. The number of hydrogen-bond donors (Lipinski definition) is 3. The van der Waals surface area contributed by atoms with Crippen molar-refractivity contribution in [1.82, 2.24) is 25.4 Å². The molecule has 0 spiro atoms. The smallest absolute Gasteiger partial charge is 0.340 e. The highest BCUT2D eigenvalue weighted by atomic mass is 16.5. The third-order valence-electron chi connectivity index (χ3n) is 4.64. The number of benzene rings is 1. The predicted octanol–water partition coefficient (Wildman–Crippen LogP) is 0.204. The maximum Gasteiger partial charge on any atom is 0.340 e. The number of para-hydroxylation sites is 1. The molecule has 0 unspecified atom stereocenters. The van der Waals surface area contributed by atoms with Crippen LogP contribution in [0.15, 0.2) is 29.1 Å². The van der Waals surface area contributed by atoms with E-state index >= 15 is 0 Å². The van der Waals surface area contributed by atoms with Crippen molar-refractivity contribution in [2.24, 2.45) is 5.92 Å². The van der Waals surface area contributed by atoms with Crippen LogP contribution in [0.25, 0.3) is 0 Å². The summed E-state index contributed by atoms with van der Waals surface area (Å²) in [4.78, 5) is 40.0. The van der Waals surface area contributed by atoms with Crippen LogP contribution >= 0.6 is 0 Å². The summed E-state index contributed by atoms with van der Waals surface area (Å²) in [7, 11) is 1.60. The van der Waals surface area contributed by atoms with E-state index in [2.05, 4.69) is 20.5 Å². The lowest BCUT2D eigenvalue weighted by atomic mass is 9.96. The number of carbonyl (C=O) groups is 2. The number of nitrogens with zero attached hydrogens (tertiary/aromatic N) is 2. The third kappa shape index (κ3) is 4.75. The lowest BCUT2D eigenvalue weighted by Gasteiger charge is -2.32. The molecule has 0 saturated carbocycles. The van der Waals surface area contributed by atoms with Gasteiger partial charge >= 0.3 is 5.69 Å². The Morgan fingerprint density at radius 3 is 2.93 bits per heavy atom. The van der Waals surface area contributed by atoms with E-state index in [0.29, 0.717) is 44.7 Å². The van der Waals surface area contributed by atoms with Crippen LogP contribution in [0.5, 0.6) is 5.75 Å². The van der Waals surface area contributed by atoms with E-state index in [0.717, 1.165) is 11.3 Å². The molecular formula is C18H23N5O4. The number of methoxy groups -OCH3 is 1. The number of aromatic nitrogens is 3. The Hall–Kier alpha value is -3.10. The van der Waals surface area contributed by atoms with Crippen LogP contribution in [-0.4, -0.2) is 52.1 Å². The molecule has 1 aliphatic rings. The summed E-state index contributed by atoms with van der Waals surface area (Å²) < 4.78 is 5.34. The topological polar surface area (TPSA) is 120 Å². The first kappa shape index (κ1) is 18.7. The van der Waals surface area contributed by atoms with E-state index in [1.807, 2.05) is 24.3 Å². The number of hydrogen-bond acceptors (Lipinski definition) is 5. The van der Waals surface area contributed by atoms with Gasteiger partial charge in [0.25, 0.3) is 0 Å². The molecule has 1 aliphatic heterocycles. The van der Waals surface area contributed by atoms with Crippen molar-refractivity contribution < 1.29 is 14.3 Å². The molecular weight excluding hydrogens is 350 g/mol. The fourth-order valence-corrected chi connectivity index (χ4v) is 3.19. The fourth-order valence-electron chi connectivity index (χ4n) is 3.19. The SMILES string of the molecule is COc1ccccc1CN1C[C@@H](C(=O)NCCc2n[nH]c(=O)[nH]2)CCC1=O. The zero-order valence-electron chi connectivity index (χ0n) is 15.2. The summed E-state index contributed by atoms with van der Waals surface area (Å²) in [5.74, 6) is 0.918. The number of piperidine rings is 1. The highest BCUT2D eigenvalue weighted by Crippen LogP contribution is 2.24. The van der Waals surface area contributed by atoms with Gasteiger partial charge in [-0.05, 0) is 12.5 Å². The Morgan fingerprint density at radius 2 is 2.19 bits per heavy atom. The minimum Gasteiger partial charge on any atom is -0.496 e. The second-order valence-electron chi connectivity index (χ2n) is 6.49. The van der Waals surface area contributed by atoms with E-state index in [1.165, 1.54) is 0 Å². The third-order valence-corrected chi connectivity index (χ3v) is 4.64. The van der Waals surface area contributed by atoms with Crippen LogP contribution in [0, 0.1) is 5.92 Å². The quantitative estimate of drug-likeness (QED) is 0.641. The highest BCUT2D eigenvalue weighted by molar-refractivity contribution is 5.83. The molecule has 27 heavy (non-hydrogen) atoms. The van der Waals surface area contributed by atoms with Crippen molar-refractivity contribution in [3.63, 3.8) is 0 Å². The lowest BCUT2D eigenvalue weighted by molar-refractivity contribution is -0.138. The van der Waals surface area contributed by atoms with Gasteiger partial charge < -0.3 is 15.0 Å². The Kier molecular flexibility index (Phi) is 5.90. The van der Waals surface area contributed by atoms with Crippen LogP contribution in [0.1, 0.15) is 24.2 Å². The molecule has 1 saturated heterocycles. The van der Waals surface area contributed by atoms with Gasteiger partial charge in [0.15, 0.2) is 0 Å². The number of aromatic amines is 2. The van der Waals surface area contributed by atoms with Gasteiger partial charge in [-0.2, -0.15) is 5.10 Å². The molecule has 1 fully saturated rings. The molecule has 0 aliphatic carbocycles. The zero-order valence-corrected chi connectivity index (χ0v) is 15.2. The second-order valence-corrected chi connectivity index (χ2v) is 6.49. The molecule has 1 aromatic carbocycles. The van der Waals surface area contributed by atoms with Crippen LogP contribution in [-0.2, 0) is 22.6 Å². The molecule has 1 atom stereocenters. The average molecular weight is 373 g/mol. The molecule has 9 heteroatoms. The van der Waals surface area contributed by atoms with E-state index in [9.17, 15) is 14.4 Å². The Balaban J connectivity index is 1.54. The summed E-state index contributed by atoms with van der Waals surface area (Å²) in [6.45, 7) is 1.17. The molecule has 144 valence electrons. The average Bonchev–Trinajstić information content (AvgIpc) is 3.09. The van der Waals surface area contributed by atoms with Gasteiger partial charge in [-0.3, -0.25) is 14.6 Å². The number of amides is 2. The number of rotatable bonds is 7. The maximum absolute atomic E-state index is 12.4. The largest absolute Gasteiger partial charge is 0.496 e. The van der Waals surface area contributed by atoms with E-state index in [1.54, 1.807) is 12.0 Å². The summed E-state index contributed by atoms with van der Waals surface area (Å²) in [6, 6.07) is 7.55. The number of carbonyl (C=O) groups excluding carboxylic acids is 2. The van der Waals surface area contributed by atoms with Crippen molar-refractivity contribution in [1.29, 1.82) is 0 Å². The van der Waals surface area contributed by atoms with Crippen LogP contribution in [0.3, 0.4) is 0 Å². The van der Waals surface area contributed by atoms with Gasteiger partial charge in [0.1, 0.15) is 11.6 Å². The first-order valence-electron chi connectivity index (χ1n) is 8.87. The van der Waals surface area contributed by atoms with Crippen molar-refractivity contribution in [3.05, 3.63) is 46.1 Å². The minimum atomic E-state index is -0.367. The maximum atomic E-state index is 12.4. The lowest BCUT2D eigenvalue weighted by Crippen LogP contribution is -2.45. The second kappa shape index (κ2) is 8.52. The molecule has 3 rings (SSSR count). The summed E-state index contributed by atoms with van der Waals surface area (Å²) in [5, 5.41) is 8.94. The van der Waals surface area contributed by atoms with Crippen molar-refractivity contribution in [2.45, 2.75) is 25.8 Å². The van der Waals surface area contributed by atoms with Crippen molar-refractivity contribution >= 4 is 11.8 Å². The fraction of sp³-hybridized carbons (Fsp3) is 0.444. The number of likely N-dealkylation sites (tertiary alicyclic amines) is 1.